The summed E-state index contributed by atoms with van der Waals surface area (Å²) in [5.41, 5.74) is 3.47. The molecular formula is C10H7ClN4S2. The molecule has 0 unspecified atom stereocenters. The third-order valence-electron chi connectivity index (χ3n) is 2.37. The maximum Gasteiger partial charge on any atom is 0.179 e. The molecular weight excluding hydrogens is 276 g/mol. The second-order valence-electron chi connectivity index (χ2n) is 3.51. The minimum atomic E-state index is 0.596. The number of hydrogen-bond donors (Lipinski definition) is 1. The Balaban J connectivity index is 2.16. The van der Waals surface area contributed by atoms with Gasteiger partial charge < -0.3 is 4.98 Å². The van der Waals surface area contributed by atoms with Crippen molar-refractivity contribution in [3.05, 3.63) is 38.6 Å². The van der Waals surface area contributed by atoms with Gasteiger partial charge in [-0.2, -0.15) is 0 Å². The molecule has 3 aromatic rings. The number of thiazole rings is 1. The lowest BCUT2D eigenvalue weighted by Gasteiger charge is -2.00. The van der Waals surface area contributed by atoms with Crippen molar-refractivity contribution in [1.29, 1.82) is 0 Å². The average Bonchev–Trinajstić information content (AvgIpc) is 2.88. The van der Waals surface area contributed by atoms with E-state index in [0.29, 0.717) is 16.3 Å². The van der Waals surface area contributed by atoms with Gasteiger partial charge in [-0.15, -0.1) is 11.3 Å². The second kappa shape index (κ2) is 4.21. The largest absolute Gasteiger partial charge is 0.329 e. The van der Waals surface area contributed by atoms with Crippen LogP contribution in [-0.2, 0) is 6.54 Å². The summed E-state index contributed by atoms with van der Waals surface area (Å²) in [6.45, 7) is 0.679. The fourth-order valence-corrected chi connectivity index (χ4v) is 2.64. The van der Waals surface area contributed by atoms with Crippen LogP contribution in [0.15, 0.2) is 24.0 Å². The number of nitrogens with zero attached hydrogens (tertiary/aromatic N) is 3. The van der Waals surface area contributed by atoms with Crippen LogP contribution in [0.2, 0.25) is 5.02 Å². The van der Waals surface area contributed by atoms with E-state index < -0.39 is 0 Å². The Morgan fingerprint density at radius 1 is 1.47 bits per heavy atom. The molecule has 0 fully saturated rings. The van der Waals surface area contributed by atoms with E-state index in [1.165, 1.54) is 0 Å². The van der Waals surface area contributed by atoms with E-state index in [2.05, 4.69) is 15.0 Å². The fourth-order valence-electron chi connectivity index (χ4n) is 1.64. The van der Waals surface area contributed by atoms with Crippen molar-refractivity contribution < 1.29 is 0 Å². The van der Waals surface area contributed by atoms with Crippen LogP contribution in [0.5, 0.6) is 0 Å². The van der Waals surface area contributed by atoms with Crippen molar-refractivity contribution in [2.24, 2.45) is 0 Å². The van der Waals surface area contributed by atoms with Crippen LogP contribution in [0.25, 0.3) is 11.2 Å². The van der Waals surface area contributed by atoms with Crippen LogP contribution in [-0.4, -0.2) is 19.5 Å². The number of imidazole rings is 1. The summed E-state index contributed by atoms with van der Waals surface area (Å²) >= 11 is 12.8. The molecule has 86 valence electrons. The lowest BCUT2D eigenvalue weighted by Crippen LogP contribution is -1.98. The third kappa shape index (κ3) is 1.99. The summed E-state index contributed by atoms with van der Waals surface area (Å²) in [6.07, 6.45) is 3.46. The third-order valence-corrected chi connectivity index (χ3v) is 3.67. The summed E-state index contributed by atoms with van der Waals surface area (Å²) in [6, 6.07) is 1.82. The molecule has 0 atom stereocenters. The van der Waals surface area contributed by atoms with E-state index in [-0.39, 0.29) is 0 Å². The molecule has 0 aliphatic carbocycles. The number of rotatable bonds is 2. The zero-order chi connectivity index (χ0) is 11.8. The van der Waals surface area contributed by atoms with Crippen molar-refractivity contribution >= 4 is 46.3 Å². The summed E-state index contributed by atoms with van der Waals surface area (Å²) in [4.78, 5) is 12.6. The van der Waals surface area contributed by atoms with E-state index >= 15 is 0 Å². The lowest BCUT2D eigenvalue weighted by molar-refractivity contribution is 0.811. The standard InChI is InChI=1S/C10H7ClN4S2/c11-6-1-8-9(13-2-6)15(10(16)14-8)4-7-3-12-5-17-7/h1-3,5H,4H2,(H,14,16). The van der Waals surface area contributed by atoms with Gasteiger partial charge in [-0.3, -0.25) is 9.55 Å². The van der Waals surface area contributed by atoms with Gasteiger partial charge in [0.1, 0.15) is 0 Å². The SMILES string of the molecule is S=c1[nH]c2cc(Cl)cnc2n1Cc1cncs1. The molecule has 0 saturated carbocycles. The van der Waals surface area contributed by atoms with E-state index in [1.807, 2.05) is 16.8 Å². The zero-order valence-corrected chi connectivity index (χ0v) is 10.9. The van der Waals surface area contributed by atoms with Crippen LogP contribution in [0.3, 0.4) is 0 Å². The minimum absolute atomic E-state index is 0.596. The predicted octanol–water partition coefficient (Wildman–Crippen LogP) is 3.25. The first-order valence-electron chi connectivity index (χ1n) is 4.85. The van der Waals surface area contributed by atoms with Crippen molar-refractivity contribution in [3.8, 4) is 0 Å². The normalized spacial score (nSPS) is 11.1. The zero-order valence-electron chi connectivity index (χ0n) is 8.55. The molecule has 0 aliphatic rings. The van der Waals surface area contributed by atoms with E-state index in [0.717, 1.165) is 16.0 Å². The van der Waals surface area contributed by atoms with Gasteiger partial charge in [-0.25, -0.2) is 4.98 Å². The average molecular weight is 283 g/mol. The fraction of sp³-hybridized carbons (Fsp3) is 0.100. The molecule has 3 heterocycles. The van der Waals surface area contributed by atoms with Crippen LogP contribution in [0.1, 0.15) is 4.88 Å². The summed E-state index contributed by atoms with van der Waals surface area (Å²) in [7, 11) is 0. The molecule has 17 heavy (non-hydrogen) atoms. The maximum atomic E-state index is 5.89. The Labute approximate surface area is 111 Å². The number of aromatic amines is 1. The van der Waals surface area contributed by atoms with Gasteiger partial charge in [-0.05, 0) is 18.3 Å². The molecule has 0 bridgehead atoms. The first kappa shape index (κ1) is 10.9. The Morgan fingerprint density at radius 3 is 3.12 bits per heavy atom. The van der Waals surface area contributed by atoms with Gasteiger partial charge in [0.05, 0.1) is 22.6 Å². The van der Waals surface area contributed by atoms with E-state index in [1.54, 1.807) is 23.0 Å². The Hall–Kier alpha value is -1.24. The monoisotopic (exact) mass is 282 g/mol. The molecule has 1 N–H and O–H groups in total. The number of halogens is 1. The summed E-state index contributed by atoms with van der Waals surface area (Å²) < 4.78 is 2.58. The van der Waals surface area contributed by atoms with Gasteiger partial charge in [0.15, 0.2) is 10.4 Å². The number of fused-ring (bicyclic) bond motifs is 1. The first-order chi connectivity index (χ1) is 8.24. The number of H-pyrrole nitrogens is 1. The number of aromatic nitrogens is 4. The van der Waals surface area contributed by atoms with Crippen LogP contribution < -0.4 is 0 Å². The minimum Gasteiger partial charge on any atom is -0.329 e. The summed E-state index contributed by atoms with van der Waals surface area (Å²) in [5.74, 6) is 0. The van der Waals surface area contributed by atoms with Crippen LogP contribution in [0, 0.1) is 4.77 Å². The molecule has 0 aromatic carbocycles. The first-order valence-corrected chi connectivity index (χ1v) is 6.52. The molecule has 4 nitrogen and oxygen atoms in total. The van der Waals surface area contributed by atoms with Crippen molar-refractivity contribution in [3.63, 3.8) is 0 Å². The Kier molecular flexibility index (Phi) is 2.70. The van der Waals surface area contributed by atoms with Gasteiger partial charge >= 0.3 is 0 Å². The van der Waals surface area contributed by atoms with Crippen molar-refractivity contribution in [2.45, 2.75) is 6.54 Å². The van der Waals surface area contributed by atoms with Gasteiger partial charge in [-0.1, -0.05) is 11.6 Å². The molecule has 0 saturated heterocycles. The number of nitrogens with one attached hydrogen (secondary N) is 1. The second-order valence-corrected chi connectivity index (χ2v) is 5.30. The highest BCUT2D eigenvalue weighted by molar-refractivity contribution is 7.71. The van der Waals surface area contributed by atoms with Gasteiger partial charge in [0, 0.05) is 17.3 Å². The molecule has 7 heteroatoms. The molecule has 0 aliphatic heterocycles. The molecule has 0 amide bonds. The molecule has 3 aromatic heterocycles. The predicted molar refractivity (Wildman–Crippen MR) is 71.1 cm³/mol. The molecule has 0 radical (unpaired) electrons. The highest BCUT2D eigenvalue weighted by Gasteiger charge is 2.07. The summed E-state index contributed by atoms with van der Waals surface area (Å²) in [5, 5.41) is 0.596. The Bertz CT molecular complexity index is 714. The lowest BCUT2D eigenvalue weighted by atomic mass is 10.4. The van der Waals surface area contributed by atoms with Crippen LogP contribution >= 0.6 is 35.2 Å². The smallest absolute Gasteiger partial charge is 0.179 e. The topological polar surface area (TPSA) is 46.5 Å². The van der Waals surface area contributed by atoms with E-state index in [9.17, 15) is 0 Å². The maximum absolute atomic E-state index is 5.89. The van der Waals surface area contributed by atoms with Crippen LogP contribution in [0.4, 0.5) is 0 Å². The molecule has 3 rings (SSSR count). The highest BCUT2D eigenvalue weighted by Crippen LogP contribution is 2.18. The van der Waals surface area contributed by atoms with E-state index in [4.69, 9.17) is 23.8 Å². The number of hydrogen-bond acceptors (Lipinski definition) is 4. The van der Waals surface area contributed by atoms with Crippen molar-refractivity contribution in [2.75, 3.05) is 0 Å². The quantitative estimate of drug-likeness (QED) is 0.734. The molecule has 0 spiro atoms. The van der Waals surface area contributed by atoms with Gasteiger partial charge in [0.25, 0.3) is 0 Å². The van der Waals surface area contributed by atoms with Crippen molar-refractivity contribution in [1.82, 2.24) is 19.5 Å². The highest BCUT2D eigenvalue weighted by atomic mass is 35.5. The van der Waals surface area contributed by atoms with Gasteiger partial charge in [0.2, 0.25) is 0 Å². The number of pyridine rings is 1. The Morgan fingerprint density at radius 2 is 2.35 bits per heavy atom.